The van der Waals surface area contributed by atoms with Crippen molar-refractivity contribution in [1.29, 1.82) is 0 Å². The Morgan fingerprint density at radius 2 is 1.47 bits per heavy atom. The number of hydrogen-bond donors (Lipinski definition) is 1. The standard InChI is InChI=1S/C25H26N2O2.ClHO4/c1-26(2)22-12-7-19(8-13-22)5-6-21-17-24(29-25(28)18-21)16-11-20-9-14-23(15-10-20)27(3)4;2-1(3,4)5/h5-18H,1-4H3;(H,2,3,4,5)/b6-5+;. The predicted molar refractivity (Wildman–Crippen MR) is 121 cm³/mol. The van der Waals surface area contributed by atoms with Gasteiger partial charge in [0.1, 0.15) is 19.9 Å². The molecule has 34 heavy (non-hydrogen) atoms. The lowest BCUT2D eigenvalue weighted by molar-refractivity contribution is -2.00. The molecule has 1 aromatic rings. The molecule has 9 heteroatoms. The Kier molecular flexibility index (Phi) is 9.61. The van der Waals surface area contributed by atoms with Crippen molar-refractivity contribution in [2.45, 2.75) is 0 Å². The maximum Gasteiger partial charge on any atom is 0.282 e. The van der Waals surface area contributed by atoms with E-state index in [2.05, 4.69) is 45.9 Å². The van der Waals surface area contributed by atoms with Crippen molar-refractivity contribution >= 4 is 17.5 Å². The minimum Gasteiger partial charge on any atom is -0.481 e. The molecule has 0 amide bonds. The lowest BCUT2D eigenvalue weighted by Crippen LogP contribution is -2.68. The summed E-state index contributed by atoms with van der Waals surface area (Å²) in [5.41, 5.74) is 5.33. The topological polar surface area (TPSA) is 128 Å². The summed E-state index contributed by atoms with van der Waals surface area (Å²) in [4.78, 5) is 2.07. The first-order valence-corrected chi connectivity index (χ1v) is 11.3. The van der Waals surface area contributed by atoms with Crippen molar-refractivity contribution in [3.8, 4) is 0 Å². The van der Waals surface area contributed by atoms with E-state index in [4.69, 9.17) is 23.4 Å². The molecule has 1 aliphatic carbocycles. The summed E-state index contributed by atoms with van der Waals surface area (Å²) in [6.45, 7) is 0. The Morgan fingerprint density at radius 3 is 2.00 bits per heavy atom. The van der Waals surface area contributed by atoms with Crippen LogP contribution in [-0.2, 0) is 4.74 Å². The van der Waals surface area contributed by atoms with Gasteiger partial charge in [-0.15, -0.1) is 10.2 Å². The molecular weight excluding hydrogens is 460 g/mol. The Hall–Kier alpha value is -3.40. The molecule has 0 atom stereocenters. The molecule has 0 radical (unpaired) electrons. The number of aliphatic hydroxyl groups excluding tert-OH is 1. The van der Waals surface area contributed by atoms with Crippen LogP contribution in [0.1, 0.15) is 5.56 Å². The number of hydrogen-bond acceptors (Lipinski definition) is 7. The predicted octanol–water partition coefficient (Wildman–Crippen LogP) is 0.0152. The zero-order valence-corrected chi connectivity index (χ0v) is 20.1. The normalized spacial score (nSPS) is 16.5. The lowest BCUT2D eigenvalue weighted by atomic mass is 10.1. The monoisotopic (exact) mass is 486 g/mol. The lowest BCUT2D eigenvalue weighted by Gasteiger charge is -2.17. The number of allylic oxidation sites excluding steroid dienone is 11. The van der Waals surface area contributed by atoms with E-state index < -0.39 is 10.2 Å². The quantitative estimate of drug-likeness (QED) is 0.594. The molecule has 8 nitrogen and oxygen atoms in total. The maximum atomic E-state index is 9.94. The minimum absolute atomic E-state index is 0.113. The van der Waals surface area contributed by atoms with Crippen LogP contribution in [-0.4, -0.2) is 43.6 Å². The van der Waals surface area contributed by atoms with Crippen molar-refractivity contribution in [3.63, 3.8) is 0 Å². The number of ether oxygens (including phenoxy) is 1. The molecule has 0 saturated heterocycles. The van der Waals surface area contributed by atoms with Crippen LogP contribution >= 0.6 is 0 Å². The van der Waals surface area contributed by atoms with Gasteiger partial charge in [-0.1, -0.05) is 30.4 Å². The highest BCUT2D eigenvalue weighted by atomic mass is 35.7. The zero-order chi connectivity index (χ0) is 25.3. The summed E-state index contributed by atoms with van der Waals surface area (Å²) < 4.78 is 41.4. The van der Waals surface area contributed by atoms with Crippen molar-refractivity contribution in [2.24, 2.45) is 0 Å². The molecule has 0 fully saturated rings. The second-order valence-electron chi connectivity index (χ2n) is 7.65. The van der Waals surface area contributed by atoms with Crippen LogP contribution in [0, 0.1) is 10.2 Å². The van der Waals surface area contributed by atoms with Gasteiger partial charge in [0.05, 0.1) is 0 Å². The first-order valence-electron chi connectivity index (χ1n) is 10.1. The van der Waals surface area contributed by atoms with E-state index in [1.165, 1.54) is 0 Å². The summed E-state index contributed by atoms with van der Waals surface area (Å²) in [6.07, 6.45) is 19.5. The van der Waals surface area contributed by atoms with Gasteiger partial charge in [0, 0.05) is 38.0 Å². The summed E-state index contributed by atoms with van der Waals surface area (Å²) in [7, 11) is 3.13. The van der Waals surface area contributed by atoms with Crippen LogP contribution in [0.15, 0.2) is 102 Å². The van der Waals surface area contributed by atoms with Gasteiger partial charge in [-0.25, -0.2) is 23.2 Å². The molecule has 0 spiro atoms. The van der Waals surface area contributed by atoms with Crippen molar-refractivity contribution in [3.05, 3.63) is 107 Å². The first-order chi connectivity index (χ1) is 15.9. The minimum atomic E-state index is -4.94. The zero-order valence-electron chi connectivity index (χ0n) is 19.3. The van der Waals surface area contributed by atoms with Crippen LogP contribution < -0.4 is 23.5 Å². The molecule has 0 bridgehead atoms. The van der Waals surface area contributed by atoms with Crippen LogP contribution in [0.25, 0.3) is 6.08 Å². The fraction of sp³-hybridized carbons (Fsp3) is 0.160. The van der Waals surface area contributed by atoms with Crippen molar-refractivity contribution < 1.29 is 43.3 Å². The Morgan fingerprint density at radius 1 is 0.882 bits per heavy atom. The van der Waals surface area contributed by atoms with Gasteiger partial charge < -0.3 is 14.7 Å². The van der Waals surface area contributed by atoms with Crippen molar-refractivity contribution in [1.82, 2.24) is 0 Å². The van der Waals surface area contributed by atoms with E-state index in [0.717, 1.165) is 28.1 Å². The fourth-order valence-electron chi connectivity index (χ4n) is 2.84. The molecule has 1 N–H and O–H groups in total. The molecule has 0 aromatic heterocycles. The van der Waals surface area contributed by atoms with E-state index in [1.807, 2.05) is 70.7 Å². The molecule has 1 aromatic carbocycles. The van der Waals surface area contributed by atoms with Crippen LogP contribution in [0.5, 0.6) is 0 Å². The average Bonchev–Trinajstić information content (AvgIpc) is 2.75. The molecule has 0 saturated carbocycles. The smallest absolute Gasteiger partial charge is 0.282 e. The Balaban J connectivity index is 0.000000739. The summed E-state index contributed by atoms with van der Waals surface area (Å²) in [5.74, 6) is 0.474. The van der Waals surface area contributed by atoms with Crippen LogP contribution in [0.4, 0.5) is 5.69 Å². The van der Waals surface area contributed by atoms with Gasteiger partial charge in [-0.3, -0.25) is 0 Å². The number of aliphatic hydroxyl groups is 1. The summed E-state index contributed by atoms with van der Waals surface area (Å²) in [6, 6.07) is 8.29. The third kappa shape index (κ3) is 10.0. The van der Waals surface area contributed by atoms with Gasteiger partial charge in [-0.05, 0) is 53.1 Å². The van der Waals surface area contributed by atoms with Gasteiger partial charge in [0.15, 0.2) is 5.71 Å². The number of benzene rings is 1. The van der Waals surface area contributed by atoms with Gasteiger partial charge in [-0.2, -0.15) is 0 Å². The van der Waals surface area contributed by atoms with E-state index in [-0.39, 0.29) is 5.95 Å². The van der Waals surface area contributed by atoms with E-state index >= 15 is 0 Å². The Bertz CT molecular complexity index is 1090. The van der Waals surface area contributed by atoms with Crippen molar-refractivity contribution in [2.75, 3.05) is 33.1 Å². The van der Waals surface area contributed by atoms with E-state index in [0.29, 0.717) is 5.76 Å². The maximum absolute atomic E-state index is 9.94. The highest BCUT2D eigenvalue weighted by molar-refractivity contribution is 6.02. The number of anilines is 1. The highest BCUT2D eigenvalue weighted by Crippen LogP contribution is 2.21. The highest BCUT2D eigenvalue weighted by Gasteiger charge is 2.08. The van der Waals surface area contributed by atoms with Crippen LogP contribution in [0.3, 0.4) is 0 Å². The number of halogens is 1. The first kappa shape index (κ1) is 26.8. The Labute approximate surface area is 201 Å². The molecule has 180 valence electrons. The molecule has 3 rings (SSSR count). The molecule has 2 aliphatic rings. The second-order valence-corrected chi connectivity index (χ2v) is 8.40. The van der Waals surface area contributed by atoms with Gasteiger partial charge in [0.2, 0.25) is 0 Å². The largest absolute Gasteiger partial charge is 0.481 e. The molecular formula is C25H27ClN2O6. The van der Waals surface area contributed by atoms with Gasteiger partial charge in [0.25, 0.3) is 5.95 Å². The molecule has 0 unspecified atom stereocenters. The third-order valence-electron chi connectivity index (χ3n) is 4.55. The average molecular weight is 487 g/mol. The SMILES string of the molecule is CN(C)c1ccc(/C=C/C2=CC(=C/C=C3C=CC(=[N+](C)C)C=C3)/OC(O)=C2)cc1.[O-][Cl+3]([O-])([O-])[O-]. The van der Waals surface area contributed by atoms with Gasteiger partial charge >= 0.3 is 0 Å². The summed E-state index contributed by atoms with van der Waals surface area (Å²) in [5, 5.41) is 9.94. The van der Waals surface area contributed by atoms with Crippen LogP contribution in [0.2, 0.25) is 0 Å². The van der Waals surface area contributed by atoms with E-state index in [9.17, 15) is 5.11 Å². The fourth-order valence-corrected chi connectivity index (χ4v) is 2.84. The van der Waals surface area contributed by atoms with E-state index in [1.54, 1.807) is 6.08 Å². The molecule has 1 aliphatic heterocycles. The number of nitrogens with zero attached hydrogens (tertiary/aromatic N) is 2. The third-order valence-corrected chi connectivity index (χ3v) is 4.55. The second kappa shape index (κ2) is 12.2. The number of rotatable bonds is 4. The summed E-state index contributed by atoms with van der Waals surface area (Å²) >= 11 is 0. The molecule has 1 heterocycles.